The van der Waals surface area contributed by atoms with Crippen molar-refractivity contribution in [1.29, 1.82) is 0 Å². The highest BCUT2D eigenvalue weighted by molar-refractivity contribution is 6.09. The third-order valence-electron chi connectivity index (χ3n) is 13.0. The van der Waals surface area contributed by atoms with Gasteiger partial charge in [-0.05, 0) is 81.9 Å². The first-order valence-electron chi connectivity index (χ1n) is 21.6. The zero-order valence-electron chi connectivity index (χ0n) is 35.0. The van der Waals surface area contributed by atoms with Crippen LogP contribution in [-0.2, 0) is 5.41 Å². The molecule has 0 amide bonds. The largest absolute Gasteiger partial charge is 0.455 e. The maximum Gasteiger partial charge on any atom is 0.143 e. The van der Waals surface area contributed by atoms with Gasteiger partial charge in [-0.2, -0.15) is 0 Å². The Kier molecular flexibility index (Phi) is 8.48. The minimum absolute atomic E-state index is 0.133. The van der Waals surface area contributed by atoms with Crippen molar-refractivity contribution in [2.75, 3.05) is 4.90 Å². The van der Waals surface area contributed by atoms with E-state index in [-0.39, 0.29) is 5.41 Å². The first-order chi connectivity index (χ1) is 31.0. The van der Waals surface area contributed by atoms with Gasteiger partial charge in [-0.3, -0.25) is 4.98 Å². The maximum absolute atomic E-state index is 6.38. The molecule has 4 nitrogen and oxygen atoms in total. The molecule has 3 heterocycles. The molecule has 0 aliphatic heterocycles. The zero-order valence-corrected chi connectivity index (χ0v) is 35.0. The van der Waals surface area contributed by atoms with Crippen molar-refractivity contribution in [2.24, 2.45) is 0 Å². The van der Waals surface area contributed by atoms with Crippen LogP contribution in [-0.4, -0.2) is 9.97 Å². The van der Waals surface area contributed by atoms with Gasteiger partial charge in [0.2, 0.25) is 0 Å². The molecule has 0 fully saturated rings. The normalized spacial score (nSPS) is 12.7. The Morgan fingerprint density at radius 1 is 0.460 bits per heavy atom. The predicted octanol–water partition coefficient (Wildman–Crippen LogP) is 16.0. The number of pyridine rings is 2. The van der Waals surface area contributed by atoms with Crippen LogP contribution in [0.3, 0.4) is 0 Å². The van der Waals surface area contributed by atoms with Crippen LogP contribution in [0.15, 0.2) is 217 Å². The number of hydrogen-bond acceptors (Lipinski definition) is 4. The van der Waals surface area contributed by atoms with Crippen LogP contribution >= 0.6 is 0 Å². The topological polar surface area (TPSA) is 42.2 Å². The Labute approximate surface area is 366 Å². The predicted molar refractivity (Wildman–Crippen MR) is 261 cm³/mol. The molecule has 4 heteroatoms. The lowest BCUT2D eigenvalue weighted by molar-refractivity contribution is 0.660. The Morgan fingerprint density at radius 2 is 1.08 bits per heavy atom. The number of rotatable bonds is 7. The number of benzene rings is 8. The number of nitrogens with zero attached hydrogens (tertiary/aromatic N) is 3. The minimum atomic E-state index is -0.133. The van der Waals surface area contributed by atoms with Crippen LogP contribution in [0, 0.1) is 0 Å². The van der Waals surface area contributed by atoms with E-state index >= 15 is 0 Å². The van der Waals surface area contributed by atoms with E-state index < -0.39 is 0 Å². The molecule has 0 bridgehead atoms. The third kappa shape index (κ3) is 5.98. The lowest BCUT2D eigenvalue weighted by Crippen LogP contribution is -2.16. The first kappa shape index (κ1) is 36.7. The van der Waals surface area contributed by atoms with Crippen LogP contribution in [0.5, 0.6) is 0 Å². The summed E-state index contributed by atoms with van der Waals surface area (Å²) in [5, 5.41) is 2.25. The van der Waals surface area contributed by atoms with E-state index in [4.69, 9.17) is 14.4 Å². The molecule has 8 aromatic carbocycles. The van der Waals surface area contributed by atoms with Crippen LogP contribution in [0.4, 0.5) is 17.1 Å². The molecule has 11 aromatic rings. The molecular formula is C59H41N3O. The number of aromatic nitrogens is 2. The molecule has 0 N–H and O–H groups in total. The van der Waals surface area contributed by atoms with Gasteiger partial charge in [0.25, 0.3) is 0 Å². The van der Waals surface area contributed by atoms with Gasteiger partial charge in [0.1, 0.15) is 11.2 Å². The smallest absolute Gasteiger partial charge is 0.143 e. The quantitative estimate of drug-likeness (QED) is 0.161. The van der Waals surface area contributed by atoms with Gasteiger partial charge in [-0.1, -0.05) is 172 Å². The maximum atomic E-state index is 6.38. The molecule has 0 saturated heterocycles. The van der Waals surface area contributed by atoms with E-state index in [9.17, 15) is 0 Å². The zero-order chi connectivity index (χ0) is 42.1. The van der Waals surface area contributed by atoms with Crippen molar-refractivity contribution >= 4 is 50.0 Å². The number of furan rings is 1. The fourth-order valence-electron chi connectivity index (χ4n) is 9.87. The number of fused-ring (bicyclic) bond motifs is 7. The summed E-state index contributed by atoms with van der Waals surface area (Å²) in [5.41, 5.74) is 20.5. The van der Waals surface area contributed by atoms with E-state index in [2.05, 4.69) is 207 Å². The summed E-state index contributed by atoms with van der Waals surface area (Å²) in [5.74, 6) is 0. The van der Waals surface area contributed by atoms with E-state index in [0.717, 1.165) is 83.5 Å². The molecule has 0 radical (unpaired) electrons. The first-order valence-corrected chi connectivity index (χ1v) is 21.6. The standard InChI is InChI=1S/C59H41N3O/c1-59(2)49-22-9-6-19-47(49)56-50(59)23-13-26-54(56)62(53-25-10-7-17-43(53)38-15-4-3-5-16-38)42-34-32-40(33-35-42)48-37-52(61-51-24-14-36-60-57(48)51)41-30-28-39(29-31-41)44-20-12-21-46-45-18-8-11-27-55(45)63-58(44)46/h3-37H,1-2H3. The Morgan fingerprint density at radius 3 is 1.94 bits per heavy atom. The molecule has 1 aliphatic carbocycles. The Balaban J connectivity index is 0.973. The molecule has 0 saturated carbocycles. The van der Waals surface area contributed by atoms with Gasteiger partial charge in [-0.15, -0.1) is 0 Å². The number of hydrogen-bond donors (Lipinski definition) is 0. The van der Waals surface area contributed by atoms with Crippen molar-refractivity contribution in [1.82, 2.24) is 9.97 Å². The van der Waals surface area contributed by atoms with Gasteiger partial charge in [0, 0.05) is 55.9 Å². The van der Waals surface area contributed by atoms with Crippen LogP contribution in [0.1, 0.15) is 25.0 Å². The monoisotopic (exact) mass is 807 g/mol. The molecule has 3 aromatic heterocycles. The molecule has 0 unspecified atom stereocenters. The second-order valence-electron chi connectivity index (χ2n) is 16.9. The summed E-state index contributed by atoms with van der Waals surface area (Å²) in [6.07, 6.45) is 1.85. The van der Waals surface area contributed by atoms with E-state index in [1.807, 2.05) is 24.4 Å². The van der Waals surface area contributed by atoms with Crippen molar-refractivity contribution in [3.63, 3.8) is 0 Å². The number of para-hydroxylation sites is 3. The highest BCUT2D eigenvalue weighted by Crippen LogP contribution is 2.55. The van der Waals surface area contributed by atoms with Gasteiger partial charge in [0.15, 0.2) is 0 Å². The lowest BCUT2D eigenvalue weighted by Gasteiger charge is -2.30. The molecule has 298 valence electrons. The van der Waals surface area contributed by atoms with Gasteiger partial charge in [0.05, 0.1) is 28.1 Å². The SMILES string of the molecule is CC1(C)c2ccccc2-c2c(N(c3ccc(-c4cc(-c5ccc(-c6cccc7c6oc6ccccc67)cc5)nc5cccnc45)cc3)c3ccccc3-c3ccccc3)cccc21. The average Bonchev–Trinajstić information content (AvgIpc) is 3.84. The summed E-state index contributed by atoms with van der Waals surface area (Å²) >= 11 is 0. The van der Waals surface area contributed by atoms with Crippen LogP contribution in [0.2, 0.25) is 0 Å². The Hall–Kier alpha value is -8.08. The summed E-state index contributed by atoms with van der Waals surface area (Å²) in [4.78, 5) is 12.5. The van der Waals surface area contributed by atoms with Crippen LogP contribution < -0.4 is 4.90 Å². The summed E-state index contributed by atoms with van der Waals surface area (Å²) in [6, 6.07) is 73.6. The van der Waals surface area contributed by atoms with Gasteiger partial charge < -0.3 is 9.32 Å². The van der Waals surface area contributed by atoms with Crippen molar-refractivity contribution in [3.05, 3.63) is 224 Å². The molecule has 12 rings (SSSR count). The molecular weight excluding hydrogens is 767 g/mol. The van der Waals surface area contributed by atoms with Crippen LogP contribution in [0.25, 0.3) is 88.7 Å². The molecule has 0 spiro atoms. The van der Waals surface area contributed by atoms with Crippen molar-refractivity contribution in [2.45, 2.75) is 19.3 Å². The highest BCUT2D eigenvalue weighted by atomic mass is 16.3. The summed E-state index contributed by atoms with van der Waals surface area (Å²) in [7, 11) is 0. The fourth-order valence-corrected chi connectivity index (χ4v) is 9.87. The highest BCUT2D eigenvalue weighted by Gasteiger charge is 2.38. The van der Waals surface area contributed by atoms with Crippen molar-refractivity contribution in [3.8, 4) is 55.8 Å². The summed E-state index contributed by atoms with van der Waals surface area (Å²) < 4.78 is 6.38. The van der Waals surface area contributed by atoms with Gasteiger partial charge >= 0.3 is 0 Å². The molecule has 0 atom stereocenters. The van der Waals surface area contributed by atoms with Gasteiger partial charge in [-0.25, -0.2) is 4.98 Å². The lowest BCUT2D eigenvalue weighted by atomic mass is 9.82. The molecule has 63 heavy (non-hydrogen) atoms. The average molecular weight is 808 g/mol. The second kappa shape index (κ2) is 14.5. The third-order valence-corrected chi connectivity index (χ3v) is 13.0. The fraction of sp³-hybridized carbons (Fsp3) is 0.0508. The molecule has 1 aliphatic rings. The Bertz CT molecular complexity index is 3530. The summed E-state index contributed by atoms with van der Waals surface area (Å²) in [6.45, 7) is 4.69. The minimum Gasteiger partial charge on any atom is -0.455 e. The van der Waals surface area contributed by atoms with E-state index in [1.54, 1.807) is 0 Å². The van der Waals surface area contributed by atoms with Crippen molar-refractivity contribution < 1.29 is 4.42 Å². The van der Waals surface area contributed by atoms with E-state index in [0.29, 0.717) is 0 Å². The second-order valence-corrected chi connectivity index (χ2v) is 16.9. The number of anilines is 3. The van der Waals surface area contributed by atoms with E-state index in [1.165, 1.54) is 33.4 Å².